The maximum atomic E-state index is 13.1. The van der Waals surface area contributed by atoms with Crippen LogP contribution in [0.2, 0.25) is 10.0 Å². The highest BCUT2D eigenvalue weighted by molar-refractivity contribution is 6.36. The van der Waals surface area contributed by atoms with Gasteiger partial charge in [-0.3, -0.25) is 4.79 Å². The molecule has 220 valence electrons. The molecule has 3 rings (SSSR count). The highest BCUT2D eigenvalue weighted by atomic mass is 35.5. The summed E-state index contributed by atoms with van der Waals surface area (Å²) in [6.45, 7) is 2.43. The molecule has 1 aliphatic rings. The molecule has 0 saturated carbocycles. The Hall–Kier alpha value is -3.33. The summed E-state index contributed by atoms with van der Waals surface area (Å²) in [4.78, 5) is 42.1. The van der Waals surface area contributed by atoms with Crippen LogP contribution in [0.25, 0.3) is 0 Å². The molecule has 2 aromatic carbocycles. The van der Waals surface area contributed by atoms with Gasteiger partial charge in [0.15, 0.2) is 0 Å². The van der Waals surface area contributed by atoms with Gasteiger partial charge in [-0.2, -0.15) is 0 Å². The second-order valence-electron chi connectivity index (χ2n) is 10.5. The third-order valence-electron chi connectivity index (χ3n) is 7.62. The first-order valence-corrected chi connectivity index (χ1v) is 14.0. The van der Waals surface area contributed by atoms with Gasteiger partial charge in [-0.15, -0.1) is 0 Å². The Morgan fingerprint density at radius 1 is 0.878 bits per heavy atom. The number of rotatable bonds is 12. The lowest BCUT2D eigenvalue weighted by Gasteiger charge is -2.43. The molecule has 2 aromatic rings. The van der Waals surface area contributed by atoms with E-state index in [0.29, 0.717) is 12.1 Å². The summed E-state index contributed by atoms with van der Waals surface area (Å²) in [7, 11) is 6.84. The number of allylic oxidation sites excluding steroid dienone is 1. The summed E-state index contributed by atoms with van der Waals surface area (Å²) < 4.78 is 4.88. The first-order valence-electron chi connectivity index (χ1n) is 13.2. The third kappa shape index (κ3) is 6.77. The highest BCUT2D eigenvalue weighted by Gasteiger charge is 2.51. The molecular formula is C31H36Cl2N2O6. The molecule has 0 aromatic heterocycles. The van der Waals surface area contributed by atoms with Gasteiger partial charge in [0, 0.05) is 34.1 Å². The number of hydrogen-bond donors (Lipinski definition) is 2. The van der Waals surface area contributed by atoms with Gasteiger partial charge in [0.25, 0.3) is 0 Å². The largest absolute Gasteiger partial charge is 0.478 e. The Morgan fingerprint density at radius 3 is 1.93 bits per heavy atom. The van der Waals surface area contributed by atoms with E-state index in [1.54, 1.807) is 13.1 Å². The number of aryl methyl sites for hydroxylation is 2. The van der Waals surface area contributed by atoms with E-state index in [2.05, 4.69) is 11.0 Å². The molecule has 1 heterocycles. The molecule has 0 amide bonds. The Bertz CT molecular complexity index is 1380. The van der Waals surface area contributed by atoms with E-state index >= 15 is 0 Å². The molecule has 0 spiro atoms. The second-order valence-corrected chi connectivity index (χ2v) is 11.3. The Balaban J connectivity index is 2.24. The minimum Gasteiger partial charge on any atom is -0.478 e. The first-order chi connectivity index (χ1) is 19.3. The number of methoxy groups -OCH3 is 1. The number of halogens is 2. The molecule has 2 N–H and O–H groups in total. The minimum absolute atomic E-state index is 0.113. The van der Waals surface area contributed by atoms with Crippen molar-refractivity contribution in [1.29, 1.82) is 0 Å². The van der Waals surface area contributed by atoms with Crippen molar-refractivity contribution in [1.82, 2.24) is 9.80 Å². The van der Waals surface area contributed by atoms with Gasteiger partial charge in [0.2, 0.25) is 0 Å². The van der Waals surface area contributed by atoms with Crippen molar-refractivity contribution in [3.05, 3.63) is 91.7 Å². The smallest absolute Gasteiger partial charge is 0.334 e. The average molecular weight is 604 g/mol. The van der Waals surface area contributed by atoms with Gasteiger partial charge >= 0.3 is 17.9 Å². The van der Waals surface area contributed by atoms with Crippen molar-refractivity contribution in [2.75, 3.05) is 34.8 Å². The molecule has 1 atom stereocenters. The zero-order valence-corrected chi connectivity index (χ0v) is 25.5. The summed E-state index contributed by atoms with van der Waals surface area (Å²) >= 11 is 13.2. The number of aliphatic carboxylic acids is 2. The van der Waals surface area contributed by atoms with Crippen LogP contribution in [0.15, 0.2) is 65.0 Å². The monoisotopic (exact) mass is 602 g/mol. The molecule has 0 aliphatic carbocycles. The van der Waals surface area contributed by atoms with E-state index in [1.165, 1.54) is 36.6 Å². The molecule has 10 heteroatoms. The van der Waals surface area contributed by atoms with E-state index in [9.17, 15) is 24.6 Å². The number of benzene rings is 2. The van der Waals surface area contributed by atoms with E-state index < -0.39 is 23.3 Å². The standard InChI is InChI=1S/C31H36Cl2N2O6/c1-31(26-21(32)13-8-14-22(26)33)27(29(37)38)23(35(4)24(18-25(36)41-5)28(31)30(39)40)16-15-20-11-7-6-10-19(20)12-9-17-34(2)3/h6-8,10-11,13-14H,9,12,15-18H2,1-5H3,(H,37,38)(H,39,40). The molecule has 8 nitrogen and oxygen atoms in total. The van der Waals surface area contributed by atoms with Crippen LogP contribution >= 0.6 is 23.2 Å². The highest BCUT2D eigenvalue weighted by Crippen LogP contribution is 2.52. The summed E-state index contributed by atoms with van der Waals surface area (Å²) in [6.07, 6.45) is 2.19. The zero-order valence-electron chi connectivity index (χ0n) is 24.0. The number of carboxylic acids is 2. The van der Waals surface area contributed by atoms with Crippen molar-refractivity contribution in [2.45, 2.75) is 44.4 Å². The number of ether oxygens (including phenoxy) is 1. The summed E-state index contributed by atoms with van der Waals surface area (Å²) in [6, 6.07) is 12.7. The molecule has 0 bridgehead atoms. The van der Waals surface area contributed by atoms with Crippen molar-refractivity contribution < 1.29 is 29.3 Å². The molecule has 0 saturated heterocycles. The number of carboxylic acid groups (broad SMARTS) is 2. The maximum Gasteiger partial charge on any atom is 0.334 e. The van der Waals surface area contributed by atoms with Gasteiger partial charge in [0.05, 0.1) is 30.1 Å². The Labute approximate surface area is 250 Å². The van der Waals surface area contributed by atoms with Crippen molar-refractivity contribution in [2.24, 2.45) is 0 Å². The number of carbonyl (C=O) groups excluding carboxylic acids is 1. The van der Waals surface area contributed by atoms with Gasteiger partial charge in [0.1, 0.15) is 0 Å². The fourth-order valence-corrected chi connectivity index (χ4v) is 6.47. The van der Waals surface area contributed by atoms with Crippen LogP contribution in [-0.2, 0) is 37.4 Å². The van der Waals surface area contributed by atoms with Crippen LogP contribution in [-0.4, -0.2) is 72.7 Å². The minimum atomic E-state index is -1.79. The van der Waals surface area contributed by atoms with Gasteiger partial charge in [-0.25, -0.2) is 9.59 Å². The van der Waals surface area contributed by atoms with Crippen LogP contribution in [0.1, 0.15) is 42.9 Å². The SMILES string of the molecule is COC(=O)CC1=C(C(=O)O)C(C)(c2c(Cl)cccc2Cl)C(C(=O)O)=C(CCc2ccccc2CCCN(C)C)N1C. The maximum absolute atomic E-state index is 13.1. The Kier molecular flexibility index (Phi) is 10.6. The van der Waals surface area contributed by atoms with E-state index in [-0.39, 0.29) is 45.3 Å². The lowest BCUT2D eigenvalue weighted by atomic mass is 9.66. The number of hydrogen-bond acceptors (Lipinski definition) is 6. The van der Waals surface area contributed by atoms with Gasteiger partial charge < -0.3 is 24.7 Å². The molecule has 0 fully saturated rings. The number of carbonyl (C=O) groups is 3. The van der Waals surface area contributed by atoms with Gasteiger partial charge in [-0.1, -0.05) is 53.5 Å². The summed E-state index contributed by atoms with van der Waals surface area (Å²) in [5, 5.41) is 21.4. The van der Waals surface area contributed by atoms with Gasteiger partial charge in [-0.05, 0) is 76.5 Å². The van der Waals surface area contributed by atoms with Crippen LogP contribution in [0.4, 0.5) is 0 Å². The summed E-state index contributed by atoms with van der Waals surface area (Å²) in [5.74, 6) is -3.36. The van der Waals surface area contributed by atoms with Crippen LogP contribution < -0.4 is 0 Å². The first kappa shape index (κ1) is 32.2. The lowest BCUT2D eigenvalue weighted by molar-refractivity contribution is -0.140. The Morgan fingerprint density at radius 2 is 1.41 bits per heavy atom. The van der Waals surface area contributed by atoms with Crippen LogP contribution in [0.5, 0.6) is 0 Å². The van der Waals surface area contributed by atoms with E-state index in [0.717, 1.165) is 24.9 Å². The molecule has 1 unspecified atom stereocenters. The topological polar surface area (TPSA) is 107 Å². The number of nitrogens with zero attached hydrogens (tertiary/aromatic N) is 2. The van der Waals surface area contributed by atoms with Crippen LogP contribution in [0, 0.1) is 0 Å². The molecule has 41 heavy (non-hydrogen) atoms. The van der Waals surface area contributed by atoms with Crippen molar-refractivity contribution in [3.63, 3.8) is 0 Å². The van der Waals surface area contributed by atoms with E-state index in [4.69, 9.17) is 27.9 Å². The average Bonchev–Trinajstić information content (AvgIpc) is 2.89. The van der Waals surface area contributed by atoms with E-state index in [1.807, 2.05) is 32.3 Å². The van der Waals surface area contributed by atoms with Crippen LogP contribution in [0.3, 0.4) is 0 Å². The number of esters is 1. The predicted molar refractivity (Wildman–Crippen MR) is 159 cm³/mol. The quantitative estimate of drug-likeness (QED) is 0.304. The lowest BCUT2D eigenvalue weighted by Crippen LogP contribution is -2.45. The molecule has 1 aliphatic heterocycles. The normalized spacial score (nSPS) is 17.3. The predicted octanol–water partition coefficient (Wildman–Crippen LogP) is 5.56. The fourth-order valence-electron chi connectivity index (χ4n) is 5.69. The molecular weight excluding hydrogens is 567 g/mol. The van der Waals surface area contributed by atoms with Crippen molar-refractivity contribution in [3.8, 4) is 0 Å². The zero-order chi connectivity index (χ0) is 30.5. The third-order valence-corrected chi connectivity index (χ3v) is 8.25. The second kappa shape index (κ2) is 13.6. The summed E-state index contributed by atoms with van der Waals surface area (Å²) in [5.41, 5.74) is 0.608. The molecule has 0 radical (unpaired) electrons. The fraction of sp³-hybridized carbons (Fsp3) is 0.387. The van der Waals surface area contributed by atoms with Crippen molar-refractivity contribution >= 4 is 41.1 Å².